The van der Waals surface area contributed by atoms with E-state index in [-0.39, 0.29) is 24.2 Å². The highest BCUT2D eigenvalue weighted by molar-refractivity contribution is 7.21. The summed E-state index contributed by atoms with van der Waals surface area (Å²) in [5.74, 6) is -0.823. The topological polar surface area (TPSA) is 49.4 Å². The summed E-state index contributed by atoms with van der Waals surface area (Å²) in [4.78, 5) is 25.9. The van der Waals surface area contributed by atoms with Crippen LogP contribution in [0.4, 0.5) is 4.39 Å². The van der Waals surface area contributed by atoms with Crippen molar-refractivity contribution in [3.8, 4) is 0 Å². The number of carbonyl (C=O) groups excluding carboxylic acids is 2. The molecule has 1 N–H and O–H groups in total. The standard InChI is InChI=1S/C14H12ClFN2O2S/c15-12-9-3-2-8(16)6-10(9)21-13(12)14(20)18-5-1-4-17-11(19)7-18/h2-3,6H,1,4-5,7H2,(H,17,19). The monoisotopic (exact) mass is 326 g/mol. The summed E-state index contributed by atoms with van der Waals surface area (Å²) in [6, 6.07) is 4.24. The van der Waals surface area contributed by atoms with Crippen molar-refractivity contribution < 1.29 is 14.0 Å². The molecule has 0 unspecified atom stereocenters. The van der Waals surface area contributed by atoms with Crippen molar-refractivity contribution in [3.05, 3.63) is 33.9 Å². The van der Waals surface area contributed by atoms with Crippen LogP contribution >= 0.6 is 22.9 Å². The van der Waals surface area contributed by atoms with Crippen LogP contribution in [0, 0.1) is 5.82 Å². The number of nitrogens with one attached hydrogen (secondary N) is 1. The molecule has 3 rings (SSSR count). The van der Waals surface area contributed by atoms with E-state index in [1.165, 1.54) is 17.0 Å². The first-order valence-electron chi connectivity index (χ1n) is 6.50. The van der Waals surface area contributed by atoms with Gasteiger partial charge in [-0.25, -0.2) is 4.39 Å². The summed E-state index contributed by atoms with van der Waals surface area (Å²) < 4.78 is 13.9. The van der Waals surface area contributed by atoms with Gasteiger partial charge in [-0.05, 0) is 24.6 Å². The molecule has 0 atom stereocenters. The van der Waals surface area contributed by atoms with Crippen molar-refractivity contribution in [2.75, 3.05) is 19.6 Å². The van der Waals surface area contributed by atoms with E-state index in [4.69, 9.17) is 11.6 Å². The predicted octanol–water partition coefficient (Wildman–Crippen LogP) is 2.66. The van der Waals surface area contributed by atoms with Crippen LogP contribution in [0.5, 0.6) is 0 Å². The Morgan fingerprint density at radius 2 is 2.24 bits per heavy atom. The van der Waals surface area contributed by atoms with E-state index in [9.17, 15) is 14.0 Å². The minimum Gasteiger partial charge on any atom is -0.354 e. The number of amides is 2. The van der Waals surface area contributed by atoms with E-state index in [1.54, 1.807) is 6.07 Å². The first-order valence-corrected chi connectivity index (χ1v) is 7.69. The molecule has 0 radical (unpaired) electrons. The average Bonchev–Trinajstić information content (AvgIpc) is 2.63. The van der Waals surface area contributed by atoms with Crippen molar-refractivity contribution in [1.82, 2.24) is 10.2 Å². The zero-order valence-electron chi connectivity index (χ0n) is 11.0. The van der Waals surface area contributed by atoms with E-state index in [1.807, 2.05) is 0 Å². The first-order chi connectivity index (χ1) is 10.1. The van der Waals surface area contributed by atoms with Gasteiger partial charge in [0.25, 0.3) is 5.91 Å². The van der Waals surface area contributed by atoms with Gasteiger partial charge in [0.15, 0.2) is 0 Å². The average molecular weight is 327 g/mol. The fraction of sp³-hybridized carbons (Fsp3) is 0.286. The van der Waals surface area contributed by atoms with E-state index >= 15 is 0 Å². The molecular formula is C14H12ClFN2O2S. The molecule has 7 heteroatoms. The molecule has 0 saturated carbocycles. The Labute approximate surface area is 129 Å². The van der Waals surface area contributed by atoms with Gasteiger partial charge in [-0.2, -0.15) is 0 Å². The summed E-state index contributed by atoms with van der Waals surface area (Å²) in [7, 11) is 0. The molecule has 1 aliphatic rings. The Hall–Kier alpha value is -1.66. The number of carbonyl (C=O) groups is 2. The highest BCUT2D eigenvalue weighted by atomic mass is 35.5. The molecule has 2 heterocycles. The zero-order chi connectivity index (χ0) is 15.0. The second-order valence-electron chi connectivity index (χ2n) is 4.82. The third kappa shape index (κ3) is 2.73. The minimum absolute atomic E-state index is 0.0256. The molecule has 0 bridgehead atoms. The smallest absolute Gasteiger partial charge is 0.265 e. The van der Waals surface area contributed by atoms with Gasteiger partial charge in [-0.15, -0.1) is 11.3 Å². The third-order valence-corrected chi connectivity index (χ3v) is 4.98. The molecule has 1 saturated heterocycles. The Balaban J connectivity index is 1.97. The van der Waals surface area contributed by atoms with Crippen LogP contribution in [0.15, 0.2) is 18.2 Å². The van der Waals surface area contributed by atoms with Crippen LogP contribution < -0.4 is 5.32 Å². The Bertz CT molecular complexity index is 731. The fourth-order valence-electron chi connectivity index (χ4n) is 2.30. The van der Waals surface area contributed by atoms with Crippen molar-refractivity contribution >= 4 is 44.8 Å². The Morgan fingerprint density at radius 3 is 3.05 bits per heavy atom. The number of thiophene rings is 1. The van der Waals surface area contributed by atoms with Crippen molar-refractivity contribution in [2.24, 2.45) is 0 Å². The lowest BCUT2D eigenvalue weighted by Gasteiger charge is -2.18. The lowest BCUT2D eigenvalue weighted by Crippen LogP contribution is -2.37. The van der Waals surface area contributed by atoms with Crippen LogP contribution in [0.3, 0.4) is 0 Å². The maximum Gasteiger partial charge on any atom is 0.265 e. The number of fused-ring (bicyclic) bond motifs is 1. The molecule has 110 valence electrons. The maximum atomic E-state index is 13.3. The summed E-state index contributed by atoms with van der Waals surface area (Å²) >= 11 is 7.39. The van der Waals surface area contributed by atoms with E-state index in [0.717, 1.165) is 11.3 Å². The second kappa shape index (κ2) is 5.61. The molecule has 1 fully saturated rings. The molecule has 2 aromatic rings. The van der Waals surface area contributed by atoms with E-state index < -0.39 is 0 Å². The molecule has 1 aromatic heterocycles. The van der Waals surface area contributed by atoms with Gasteiger partial charge in [-0.1, -0.05) is 11.6 Å². The van der Waals surface area contributed by atoms with Gasteiger partial charge < -0.3 is 10.2 Å². The normalized spacial score (nSPS) is 15.9. The highest BCUT2D eigenvalue weighted by Crippen LogP contribution is 2.36. The minimum atomic E-state index is -0.367. The van der Waals surface area contributed by atoms with Gasteiger partial charge in [0.2, 0.25) is 5.91 Å². The molecule has 4 nitrogen and oxygen atoms in total. The Kier molecular flexibility index (Phi) is 3.82. The summed E-state index contributed by atoms with van der Waals surface area (Å²) in [6.45, 7) is 1.09. The van der Waals surface area contributed by atoms with E-state index in [0.29, 0.717) is 39.5 Å². The van der Waals surface area contributed by atoms with Crippen LogP contribution in [-0.4, -0.2) is 36.3 Å². The second-order valence-corrected chi connectivity index (χ2v) is 6.25. The largest absolute Gasteiger partial charge is 0.354 e. The number of rotatable bonds is 1. The Morgan fingerprint density at radius 1 is 1.43 bits per heavy atom. The molecule has 0 spiro atoms. The predicted molar refractivity (Wildman–Crippen MR) is 80.3 cm³/mol. The molecule has 2 amide bonds. The molecule has 1 aliphatic heterocycles. The first kappa shape index (κ1) is 14.3. The summed E-state index contributed by atoms with van der Waals surface area (Å²) in [5.41, 5.74) is 0. The number of nitrogens with zero attached hydrogens (tertiary/aromatic N) is 1. The zero-order valence-corrected chi connectivity index (χ0v) is 12.6. The summed E-state index contributed by atoms with van der Waals surface area (Å²) in [5, 5.41) is 3.70. The maximum absolute atomic E-state index is 13.3. The van der Waals surface area contributed by atoms with Crippen LogP contribution in [0.25, 0.3) is 10.1 Å². The third-order valence-electron chi connectivity index (χ3n) is 3.33. The van der Waals surface area contributed by atoms with Gasteiger partial charge in [0, 0.05) is 23.2 Å². The van der Waals surface area contributed by atoms with Crippen molar-refractivity contribution in [3.63, 3.8) is 0 Å². The number of benzene rings is 1. The van der Waals surface area contributed by atoms with E-state index in [2.05, 4.69) is 5.32 Å². The summed E-state index contributed by atoms with van der Waals surface area (Å²) in [6.07, 6.45) is 0.703. The quantitative estimate of drug-likeness (QED) is 0.876. The highest BCUT2D eigenvalue weighted by Gasteiger charge is 2.25. The van der Waals surface area contributed by atoms with Gasteiger partial charge in [0.1, 0.15) is 10.7 Å². The number of hydrogen-bond donors (Lipinski definition) is 1. The van der Waals surface area contributed by atoms with Crippen LogP contribution in [0.1, 0.15) is 16.1 Å². The molecule has 21 heavy (non-hydrogen) atoms. The van der Waals surface area contributed by atoms with Gasteiger partial charge in [-0.3, -0.25) is 9.59 Å². The van der Waals surface area contributed by atoms with Crippen molar-refractivity contribution in [1.29, 1.82) is 0 Å². The SMILES string of the molecule is O=C1CN(C(=O)c2sc3cc(F)ccc3c2Cl)CCCN1. The fourth-order valence-corrected chi connectivity index (χ4v) is 3.80. The number of halogens is 2. The van der Waals surface area contributed by atoms with Gasteiger partial charge in [0.05, 0.1) is 11.6 Å². The molecular weight excluding hydrogens is 315 g/mol. The lowest BCUT2D eigenvalue weighted by molar-refractivity contribution is -0.121. The van der Waals surface area contributed by atoms with Crippen molar-refractivity contribution in [2.45, 2.75) is 6.42 Å². The van der Waals surface area contributed by atoms with Crippen LogP contribution in [-0.2, 0) is 4.79 Å². The van der Waals surface area contributed by atoms with Gasteiger partial charge >= 0.3 is 0 Å². The molecule has 1 aromatic carbocycles. The molecule has 0 aliphatic carbocycles. The lowest BCUT2D eigenvalue weighted by atomic mass is 10.2. The number of hydrogen-bond acceptors (Lipinski definition) is 3. The van der Waals surface area contributed by atoms with Crippen LogP contribution in [0.2, 0.25) is 5.02 Å².